The van der Waals surface area contributed by atoms with Crippen LogP contribution in [-0.2, 0) is 4.79 Å². The molecule has 1 fully saturated rings. The van der Waals surface area contributed by atoms with E-state index < -0.39 is 5.41 Å². The normalized spacial score (nSPS) is 22.0. The Morgan fingerprint density at radius 2 is 1.97 bits per heavy atom. The maximum Gasteiger partial charge on any atom is 0.237 e. The van der Waals surface area contributed by atoms with E-state index in [-0.39, 0.29) is 5.91 Å². The Morgan fingerprint density at radius 3 is 2.50 bits per heavy atom. The van der Waals surface area contributed by atoms with Gasteiger partial charge in [-0.2, -0.15) is 0 Å². The number of aliphatic imine (C=N–C) groups is 1. The number of benzene rings is 1. The van der Waals surface area contributed by atoms with Crippen molar-refractivity contribution in [3.8, 4) is 5.75 Å². The standard InChI is InChI=1S/C29H43N3O2/c1-7-10-27(31-24-11-9-12-24)30-19-23-20-32(25-13-15-26(34-6)16-14-25)28(33)29(17-8-2,22(23)5)18-21(3)4/h10,13-16,19,21,24,31H,7-9,11-12,17-18,20H2,1-6H3/b27-10-,30-19?. The predicted molar refractivity (Wildman–Crippen MR) is 142 cm³/mol. The molecule has 1 saturated carbocycles. The number of methoxy groups -OCH3 is 1. The molecule has 5 heteroatoms. The maximum atomic E-state index is 14.1. The third kappa shape index (κ3) is 5.73. The summed E-state index contributed by atoms with van der Waals surface area (Å²) in [6.07, 6.45) is 11.5. The van der Waals surface area contributed by atoms with Crippen molar-refractivity contribution < 1.29 is 9.53 Å². The quantitative estimate of drug-likeness (QED) is 0.372. The van der Waals surface area contributed by atoms with Gasteiger partial charge in [0.05, 0.1) is 19.1 Å². The van der Waals surface area contributed by atoms with Gasteiger partial charge < -0.3 is 15.0 Å². The summed E-state index contributed by atoms with van der Waals surface area (Å²) >= 11 is 0. The van der Waals surface area contributed by atoms with Crippen molar-refractivity contribution in [2.45, 2.75) is 85.6 Å². The number of allylic oxidation sites excluding steroid dienone is 1. The van der Waals surface area contributed by atoms with Gasteiger partial charge >= 0.3 is 0 Å². The van der Waals surface area contributed by atoms with Gasteiger partial charge in [0.15, 0.2) is 0 Å². The van der Waals surface area contributed by atoms with Crippen molar-refractivity contribution in [1.29, 1.82) is 0 Å². The van der Waals surface area contributed by atoms with Crippen LogP contribution in [0, 0.1) is 11.3 Å². The lowest BCUT2D eigenvalue weighted by Gasteiger charge is -2.44. The molecule has 186 valence electrons. The molecule has 1 aromatic carbocycles. The molecule has 1 aromatic rings. The van der Waals surface area contributed by atoms with Crippen molar-refractivity contribution in [2.75, 3.05) is 18.6 Å². The van der Waals surface area contributed by atoms with E-state index in [1.807, 2.05) is 35.4 Å². The minimum absolute atomic E-state index is 0.208. The summed E-state index contributed by atoms with van der Waals surface area (Å²) in [5.74, 6) is 2.36. The van der Waals surface area contributed by atoms with Crippen LogP contribution in [0.2, 0.25) is 0 Å². The van der Waals surface area contributed by atoms with Gasteiger partial charge in [-0.15, -0.1) is 0 Å². The van der Waals surface area contributed by atoms with Crippen LogP contribution in [0.3, 0.4) is 0 Å². The first-order valence-corrected chi connectivity index (χ1v) is 13.0. The van der Waals surface area contributed by atoms with Gasteiger partial charge in [-0.05, 0) is 87.3 Å². The molecule has 1 aliphatic heterocycles. The van der Waals surface area contributed by atoms with Gasteiger partial charge in [0.1, 0.15) is 11.6 Å². The predicted octanol–water partition coefficient (Wildman–Crippen LogP) is 6.66. The molecule has 34 heavy (non-hydrogen) atoms. The molecule has 1 heterocycles. The van der Waals surface area contributed by atoms with Gasteiger partial charge in [0.25, 0.3) is 0 Å². The Labute approximate surface area is 206 Å². The van der Waals surface area contributed by atoms with E-state index in [2.05, 4.69) is 46.0 Å². The van der Waals surface area contributed by atoms with Crippen LogP contribution < -0.4 is 15.0 Å². The fourth-order valence-corrected chi connectivity index (χ4v) is 5.21. The fourth-order valence-electron chi connectivity index (χ4n) is 5.21. The highest BCUT2D eigenvalue weighted by Crippen LogP contribution is 2.46. The van der Waals surface area contributed by atoms with E-state index in [1.165, 1.54) is 24.8 Å². The molecule has 0 bridgehead atoms. The monoisotopic (exact) mass is 465 g/mol. The number of hydrogen-bond donors (Lipinski definition) is 1. The van der Waals surface area contributed by atoms with Gasteiger partial charge in [-0.25, -0.2) is 4.99 Å². The molecule has 0 aromatic heterocycles. The molecule has 0 radical (unpaired) electrons. The van der Waals surface area contributed by atoms with Crippen molar-refractivity contribution in [1.82, 2.24) is 5.32 Å². The lowest BCUT2D eigenvalue weighted by Crippen LogP contribution is -2.51. The Hall–Kier alpha value is -2.56. The minimum Gasteiger partial charge on any atom is -0.497 e. The summed E-state index contributed by atoms with van der Waals surface area (Å²) in [7, 11) is 1.66. The van der Waals surface area contributed by atoms with E-state index in [0.29, 0.717) is 18.5 Å². The van der Waals surface area contributed by atoms with E-state index in [4.69, 9.17) is 9.73 Å². The number of carbonyl (C=O) groups is 1. The van der Waals surface area contributed by atoms with E-state index in [0.717, 1.165) is 48.5 Å². The molecule has 1 amide bonds. The van der Waals surface area contributed by atoms with E-state index in [1.54, 1.807) is 7.11 Å². The van der Waals surface area contributed by atoms with E-state index >= 15 is 0 Å². The highest BCUT2D eigenvalue weighted by molar-refractivity contribution is 6.04. The van der Waals surface area contributed by atoms with Crippen LogP contribution in [0.25, 0.3) is 0 Å². The summed E-state index contributed by atoms with van der Waals surface area (Å²) in [6, 6.07) is 8.36. The number of rotatable bonds is 11. The van der Waals surface area contributed by atoms with Crippen LogP contribution in [-0.4, -0.2) is 31.8 Å². The summed E-state index contributed by atoms with van der Waals surface area (Å²) in [5.41, 5.74) is 2.73. The zero-order chi connectivity index (χ0) is 24.7. The summed E-state index contributed by atoms with van der Waals surface area (Å²) < 4.78 is 5.34. The first kappa shape index (κ1) is 26.1. The Bertz CT molecular complexity index is 925. The van der Waals surface area contributed by atoms with Crippen LogP contribution in [0.15, 0.2) is 52.3 Å². The number of amides is 1. The molecule has 1 unspecified atom stereocenters. The zero-order valence-electron chi connectivity index (χ0n) is 22.0. The van der Waals surface area contributed by atoms with Crippen molar-refractivity contribution in [3.63, 3.8) is 0 Å². The van der Waals surface area contributed by atoms with Gasteiger partial charge in [-0.3, -0.25) is 4.79 Å². The van der Waals surface area contributed by atoms with Crippen LogP contribution in [0.1, 0.15) is 79.6 Å². The van der Waals surface area contributed by atoms with Crippen LogP contribution >= 0.6 is 0 Å². The molecule has 1 N–H and O–H groups in total. The third-order valence-electron chi connectivity index (χ3n) is 7.21. The fraction of sp³-hybridized carbons (Fsp3) is 0.586. The Morgan fingerprint density at radius 1 is 1.26 bits per heavy atom. The Balaban J connectivity index is 2.02. The second kappa shape index (κ2) is 11.7. The molecule has 0 spiro atoms. The Kier molecular flexibility index (Phi) is 8.98. The van der Waals surface area contributed by atoms with Crippen LogP contribution in [0.4, 0.5) is 5.69 Å². The summed E-state index contributed by atoms with van der Waals surface area (Å²) in [4.78, 5) is 21.0. The van der Waals surface area contributed by atoms with Gasteiger partial charge in [0.2, 0.25) is 5.91 Å². The van der Waals surface area contributed by atoms with E-state index in [9.17, 15) is 4.79 Å². The highest BCUT2D eigenvalue weighted by atomic mass is 16.5. The maximum absolute atomic E-state index is 14.1. The largest absolute Gasteiger partial charge is 0.497 e. The summed E-state index contributed by atoms with van der Waals surface area (Å²) in [6.45, 7) is 11.4. The molecular weight excluding hydrogens is 422 g/mol. The lowest BCUT2D eigenvalue weighted by atomic mass is 9.67. The number of carbonyl (C=O) groups excluding carboxylic acids is 1. The summed E-state index contributed by atoms with van der Waals surface area (Å²) in [5, 5.41) is 3.60. The van der Waals surface area contributed by atoms with Crippen LogP contribution in [0.5, 0.6) is 5.75 Å². The number of anilines is 1. The molecule has 2 aliphatic rings. The topological polar surface area (TPSA) is 53.9 Å². The third-order valence-corrected chi connectivity index (χ3v) is 7.21. The second-order valence-corrected chi connectivity index (χ2v) is 10.2. The average molecular weight is 466 g/mol. The smallest absolute Gasteiger partial charge is 0.237 e. The molecule has 1 atom stereocenters. The van der Waals surface area contributed by atoms with Gasteiger partial charge in [-0.1, -0.05) is 39.7 Å². The minimum atomic E-state index is -0.502. The first-order chi connectivity index (χ1) is 16.3. The average Bonchev–Trinajstić information content (AvgIpc) is 2.79. The molecular formula is C29H43N3O2. The zero-order valence-corrected chi connectivity index (χ0v) is 22.0. The molecule has 3 rings (SSSR count). The SMILES string of the molecule is CC/C=C(/N=CC1=C(C)C(CCC)(CC(C)C)C(=O)N(c2ccc(OC)cc2)C1)NC1CCC1. The molecule has 1 aliphatic carbocycles. The lowest BCUT2D eigenvalue weighted by molar-refractivity contribution is -0.128. The number of nitrogens with zero attached hydrogens (tertiary/aromatic N) is 2. The van der Waals surface area contributed by atoms with Crippen molar-refractivity contribution in [2.24, 2.45) is 16.3 Å². The number of nitrogens with one attached hydrogen (secondary N) is 1. The number of ether oxygens (including phenoxy) is 1. The van der Waals surface area contributed by atoms with Crippen molar-refractivity contribution in [3.05, 3.63) is 47.3 Å². The molecule has 0 saturated heterocycles. The first-order valence-electron chi connectivity index (χ1n) is 13.0. The van der Waals surface area contributed by atoms with Crippen molar-refractivity contribution >= 4 is 17.8 Å². The highest BCUT2D eigenvalue weighted by Gasteiger charge is 2.46. The molecule has 5 nitrogen and oxygen atoms in total. The van der Waals surface area contributed by atoms with Gasteiger partial charge in [0, 0.05) is 17.9 Å². The second-order valence-electron chi connectivity index (χ2n) is 10.2. The number of hydrogen-bond acceptors (Lipinski definition) is 4.